The number of nitrogens with zero attached hydrogens (tertiary/aromatic N) is 1. The van der Waals surface area contributed by atoms with E-state index in [0.717, 1.165) is 0 Å². The summed E-state index contributed by atoms with van der Waals surface area (Å²) in [6, 6.07) is 8.18. The number of esters is 2. The van der Waals surface area contributed by atoms with Gasteiger partial charge in [-0.2, -0.15) is 0 Å². The Morgan fingerprint density at radius 1 is 1.00 bits per heavy atom. The molecule has 254 valence electrons. The molecular formula is C34H47NO11. The molecule has 1 saturated heterocycles. The van der Waals surface area contributed by atoms with Crippen LogP contribution in [0.4, 0.5) is 0 Å². The minimum atomic E-state index is -1.83. The third-order valence-corrected chi connectivity index (χ3v) is 13.2. The highest BCUT2D eigenvalue weighted by atomic mass is 16.6. The van der Waals surface area contributed by atoms with E-state index in [1.54, 1.807) is 51.7 Å². The maximum atomic E-state index is 13.8. The van der Waals surface area contributed by atoms with Crippen LogP contribution in [0.3, 0.4) is 0 Å². The van der Waals surface area contributed by atoms with Gasteiger partial charge in [-0.1, -0.05) is 25.1 Å². The molecule has 7 bridgehead atoms. The van der Waals surface area contributed by atoms with Crippen LogP contribution in [0, 0.1) is 34.5 Å². The molecule has 5 aliphatic carbocycles. The van der Waals surface area contributed by atoms with E-state index in [1.807, 2.05) is 6.92 Å². The summed E-state index contributed by atoms with van der Waals surface area (Å²) in [4.78, 5) is 29.3. The van der Waals surface area contributed by atoms with Crippen LogP contribution < -0.4 is 0 Å². The molecule has 0 aromatic heterocycles. The minimum Gasteiger partial charge on any atom is -0.455 e. The molecule has 46 heavy (non-hydrogen) atoms. The van der Waals surface area contributed by atoms with Crippen LogP contribution in [-0.2, 0) is 33.2 Å². The molecule has 1 aromatic rings. The Hall–Kier alpha value is -2.16. The number of rotatable bonds is 9. The van der Waals surface area contributed by atoms with Crippen LogP contribution in [-0.4, -0.2) is 134 Å². The first kappa shape index (κ1) is 32.4. The van der Waals surface area contributed by atoms with Gasteiger partial charge in [-0.05, 0) is 31.0 Å². The van der Waals surface area contributed by atoms with E-state index in [1.165, 1.54) is 14.0 Å². The molecule has 1 heterocycles. The molecule has 1 spiro atoms. The number of benzene rings is 1. The number of carbonyl (C=O) groups is 2. The van der Waals surface area contributed by atoms with Crippen LogP contribution in [0.25, 0.3) is 0 Å². The van der Waals surface area contributed by atoms with Crippen LogP contribution in [0.15, 0.2) is 30.3 Å². The molecular weight excluding hydrogens is 598 g/mol. The third kappa shape index (κ3) is 3.62. The van der Waals surface area contributed by atoms with E-state index < -0.39 is 88.3 Å². The van der Waals surface area contributed by atoms with Crippen molar-refractivity contribution in [2.45, 2.75) is 80.6 Å². The van der Waals surface area contributed by atoms with E-state index in [2.05, 4.69) is 4.90 Å². The molecule has 12 nitrogen and oxygen atoms in total. The van der Waals surface area contributed by atoms with E-state index in [4.69, 9.17) is 28.4 Å². The van der Waals surface area contributed by atoms with Crippen molar-refractivity contribution in [3.05, 3.63) is 35.9 Å². The van der Waals surface area contributed by atoms with Crippen molar-refractivity contribution >= 4 is 11.9 Å². The smallest absolute Gasteiger partial charge is 0.338 e. The average molecular weight is 646 g/mol. The lowest BCUT2D eigenvalue weighted by atomic mass is 9.42. The molecule has 6 aliphatic rings. The summed E-state index contributed by atoms with van der Waals surface area (Å²) in [5.41, 5.74) is -4.79. The van der Waals surface area contributed by atoms with Gasteiger partial charge in [0, 0.05) is 83.0 Å². The van der Waals surface area contributed by atoms with Crippen LogP contribution in [0.5, 0.6) is 0 Å². The Balaban J connectivity index is 1.53. The predicted octanol–water partition coefficient (Wildman–Crippen LogP) is 0.648. The minimum absolute atomic E-state index is 0.0791. The van der Waals surface area contributed by atoms with Gasteiger partial charge in [0.25, 0.3) is 0 Å². The molecule has 2 unspecified atom stereocenters. The summed E-state index contributed by atoms with van der Waals surface area (Å²) >= 11 is 0. The number of aliphatic hydroxyl groups excluding tert-OH is 2. The van der Waals surface area contributed by atoms with Crippen molar-refractivity contribution in [2.75, 3.05) is 48.1 Å². The Morgan fingerprint density at radius 2 is 1.72 bits per heavy atom. The highest BCUT2D eigenvalue weighted by molar-refractivity contribution is 5.89. The van der Waals surface area contributed by atoms with Gasteiger partial charge in [0.2, 0.25) is 0 Å². The zero-order chi connectivity index (χ0) is 33.0. The van der Waals surface area contributed by atoms with Gasteiger partial charge in [-0.3, -0.25) is 9.69 Å². The lowest BCUT2D eigenvalue weighted by molar-refractivity contribution is -0.322. The Bertz CT molecular complexity index is 1360. The second-order valence-electron chi connectivity index (χ2n) is 14.4. The zero-order valence-corrected chi connectivity index (χ0v) is 27.3. The van der Waals surface area contributed by atoms with Gasteiger partial charge in [0.1, 0.15) is 23.9 Å². The number of aliphatic hydroxyl groups is 3. The second kappa shape index (κ2) is 10.9. The maximum absolute atomic E-state index is 13.8. The average Bonchev–Trinajstić information content (AvgIpc) is 3.41. The van der Waals surface area contributed by atoms with E-state index in [0.29, 0.717) is 25.1 Å². The van der Waals surface area contributed by atoms with Gasteiger partial charge < -0.3 is 43.7 Å². The summed E-state index contributed by atoms with van der Waals surface area (Å²) in [6.07, 6.45) is -5.49. The van der Waals surface area contributed by atoms with E-state index in [9.17, 15) is 24.9 Å². The molecule has 6 fully saturated rings. The molecule has 0 radical (unpaired) electrons. The highest BCUT2D eigenvalue weighted by Crippen LogP contribution is 2.80. The van der Waals surface area contributed by atoms with E-state index >= 15 is 0 Å². The van der Waals surface area contributed by atoms with Crippen molar-refractivity contribution in [2.24, 2.45) is 34.5 Å². The predicted molar refractivity (Wildman–Crippen MR) is 160 cm³/mol. The summed E-state index contributed by atoms with van der Waals surface area (Å²) in [6.45, 7) is 4.68. The first-order valence-electron chi connectivity index (χ1n) is 16.3. The SMILES string of the molecule is CCN1C[C@@]2(COC)C3[C@@H](OC)[C@@H]4[C@H]1C3([C@@H]1C[C@@]3(O)[C@H](OC(=O)c5ccccc5)[C@@H]1[C@]4(OC(C)=O)[C@@H](O)[C@@H]3OC)[C@H](OC)C[C@H]2O. The first-order valence-corrected chi connectivity index (χ1v) is 16.3. The largest absolute Gasteiger partial charge is 0.455 e. The Labute approximate surface area is 269 Å². The number of likely N-dealkylation sites (tertiary alicyclic amines) is 1. The van der Waals surface area contributed by atoms with Crippen molar-refractivity contribution in [3.63, 3.8) is 0 Å². The molecule has 1 aliphatic heterocycles. The second-order valence-corrected chi connectivity index (χ2v) is 14.4. The molecule has 1 aromatic carbocycles. The summed E-state index contributed by atoms with van der Waals surface area (Å²) in [5, 5.41) is 37.3. The number of carbonyl (C=O) groups excluding carboxylic acids is 2. The normalized spacial score (nSPS) is 49.9. The van der Waals surface area contributed by atoms with Crippen molar-refractivity contribution in [3.8, 4) is 0 Å². The molecule has 7 rings (SSSR count). The first-order chi connectivity index (χ1) is 22.0. The summed E-state index contributed by atoms with van der Waals surface area (Å²) in [5.74, 6) is -3.65. The monoisotopic (exact) mass is 645 g/mol. The van der Waals surface area contributed by atoms with Crippen molar-refractivity contribution in [1.29, 1.82) is 0 Å². The lowest BCUT2D eigenvalue weighted by Gasteiger charge is -2.70. The zero-order valence-electron chi connectivity index (χ0n) is 27.3. The topological polar surface area (TPSA) is 153 Å². The molecule has 15 atom stereocenters. The fourth-order valence-corrected chi connectivity index (χ4v) is 12.3. The number of ether oxygens (including phenoxy) is 6. The van der Waals surface area contributed by atoms with Gasteiger partial charge in [0.15, 0.2) is 5.60 Å². The van der Waals surface area contributed by atoms with Crippen LogP contribution in [0.2, 0.25) is 0 Å². The highest BCUT2D eigenvalue weighted by Gasteiger charge is 2.92. The number of fused-ring (bicyclic) bond motifs is 2. The summed E-state index contributed by atoms with van der Waals surface area (Å²) in [7, 11) is 6.27. The number of hydrogen-bond donors (Lipinski definition) is 3. The molecule has 12 heteroatoms. The molecule has 3 N–H and O–H groups in total. The maximum Gasteiger partial charge on any atom is 0.338 e. The fraction of sp³-hybridized carbons (Fsp3) is 0.765. The number of hydrogen-bond acceptors (Lipinski definition) is 12. The van der Waals surface area contributed by atoms with Gasteiger partial charge in [0.05, 0.1) is 30.5 Å². The van der Waals surface area contributed by atoms with Gasteiger partial charge in [-0.25, -0.2) is 4.79 Å². The number of methoxy groups -OCH3 is 4. The van der Waals surface area contributed by atoms with E-state index in [-0.39, 0.29) is 25.0 Å². The number of piperidine rings is 1. The van der Waals surface area contributed by atoms with Crippen LogP contribution in [0.1, 0.15) is 37.0 Å². The Morgan fingerprint density at radius 3 is 2.30 bits per heavy atom. The molecule has 5 saturated carbocycles. The Kier molecular flexibility index (Phi) is 7.69. The lowest BCUT2D eigenvalue weighted by Crippen LogP contribution is -2.81. The van der Waals surface area contributed by atoms with Crippen molar-refractivity contribution < 1.29 is 53.3 Å². The van der Waals surface area contributed by atoms with Gasteiger partial charge >= 0.3 is 11.9 Å². The third-order valence-electron chi connectivity index (χ3n) is 13.2. The standard InChI is InChI=1S/C34H47NO11/c1-7-35-15-31(16-41-3)20(37)13-21(42-4)33-19-14-32(40)28(45-30(39)18-11-9-8-10-12-18)22(19)34(46-17(2)36,27(38)29(32)44-6)23(26(33)35)24(43-5)25(31)33/h8-12,19-29,37-38,40H,7,13-16H2,1-6H3/t19-,20-,21-,22-,23-,24+,25?,26+,27+,28-,29+,31+,32-,33?,34-/m1/s1. The fourth-order valence-electron chi connectivity index (χ4n) is 12.3. The summed E-state index contributed by atoms with van der Waals surface area (Å²) < 4.78 is 37.4. The quantitative estimate of drug-likeness (QED) is 0.323. The molecule has 0 amide bonds. The van der Waals surface area contributed by atoms with Gasteiger partial charge in [-0.15, -0.1) is 0 Å². The van der Waals surface area contributed by atoms with Crippen molar-refractivity contribution in [1.82, 2.24) is 4.90 Å². The van der Waals surface area contributed by atoms with Crippen LogP contribution >= 0.6 is 0 Å².